The molecule has 0 aliphatic carbocycles. The van der Waals surface area contributed by atoms with Crippen molar-refractivity contribution in [3.63, 3.8) is 0 Å². The number of hydrogen-bond donors (Lipinski definition) is 2. The largest absolute Gasteiger partial charge is 0.480 e. The van der Waals surface area contributed by atoms with E-state index in [2.05, 4.69) is 5.32 Å². The fraction of sp³-hybridized carbons (Fsp3) is 0.429. The van der Waals surface area contributed by atoms with Crippen molar-refractivity contribution < 1.29 is 19.4 Å². The molecule has 0 bridgehead atoms. The monoisotopic (exact) mass is 331 g/mol. The molecule has 0 saturated heterocycles. The summed E-state index contributed by atoms with van der Waals surface area (Å²) in [5, 5.41) is 12.1. The van der Waals surface area contributed by atoms with Crippen LogP contribution in [0.15, 0.2) is 29.2 Å². The summed E-state index contributed by atoms with van der Waals surface area (Å²) < 4.78 is 5.05. The smallest absolute Gasteiger partial charge is 0.408 e. The zero-order chi connectivity index (χ0) is 16.0. The highest BCUT2D eigenvalue weighted by atomic mass is 35.5. The molecule has 0 fully saturated rings. The first-order valence-corrected chi connectivity index (χ1v) is 7.64. The summed E-state index contributed by atoms with van der Waals surface area (Å²) in [5.41, 5.74) is -0.670. The Balaban J connectivity index is 2.56. The fourth-order valence-electron chi connectivity index (χ4n) is 1.33. The second kappa shape index (κ2) is 7.56. The van der Waals surface area contributed by atoms with Crippen molar-refractivity contribution in [2.75, 3.05) is 5.75 Å². The minimum atomic E-state index is -1.11. The SMILES string of the molecule is CC(C)(C)OC(=O)N[C@H](CSc1ccc(Cl)cc1)C(=O)O. The number of nitrogens with one attached hydrogen (secondary N) is 1. The van der Waals surface area contributed by atoms with E-state index >= 15 is 0 Å². The predicted molar refractivity (Wildman–Crippen MR) is 83.0 cm³/mol. The van der Waals surface area contributed by atoms with E-state index < -0.39 is 23.7 Å². The Morgan fingerprint density at radius 3 is 2.38 bits per heavy atom. The standard InChI is InChI=1S/C14H18ClNO4S/c1-14(2,3)20-13(19)16-11(12(17)18)8-21-10-6-4-9(15)5-7-10/h4-7,11H,8H2,1-3H3,(H,16,19)(H,17,18)/t11-/m1/s1. The Bertz CT molecular complexity index is 499. The molecule has 21 heavy (non-hydrogen) atoms. The van der Waals surface area contributed by atoms with Gasteiger partial charge in [0.25, 0.3) is 0 Å². The maximum atomic E-state index is 11.6. The van der Waals surface area contributed by atoms with Crippen molar-refractivity contribution in [3.8, 4) is 0 Å². The quantitative estimate of drug-likeness (QED) is 0.809. The van der Waals surface area contributed by atoms with Crippen LogP contribution in [0.4, 0.5) is 4.79 Å². The first-order chi connectivity index (χ1) is 9.67. The molecule has 0 spiro atoms. The molecule has 0 aliphatic heterocycles. The van der Waals surface area contributed by atoms with Crippen LogP contribution in [0, 0.1) is 0 Å². The lowest BCUT2D eigenvalue weighted by atomic mass is 10.2. The summed E-state index contributed by atoms with van der Waals surface area (Å²) in [5.74, 6) is -0.918. The molecule has 2 N–H and O–H groups in total. The molecule has 1 rings (SSSR count). The lowest BCUT2D eigenvalue weighted by molar-refractivity contribution is -0.138. The van der Waals surface area contributed by atoms with Crippen LogP contribution in [-0.2, 0) is 9.53 Å². The van der Waals surface area contributed by atoms with E-state index in [-0.39, 0.29) is 5.75 Å². The number of aliphatic carboxylic acids is 1. The number of carboxylic acids is 1. The molecule has 0 unspecified atom stereocenters. The number of carboxylic acid groups (broad SMARTS) is 1. The normalized spacial score (nSPS) is 12.6. The lowest BCUT2D eigenvalue weighted by Gasteiger charge is -2.21. The molecule has 1 aromatic carbocycles. The minimum Gasteiger partial charge on any atom is -0.480 e. The van der Waals surface area contributed by atoms with Crippen LogP contribution in [0.2, 0.25) is 5.02 Å². The average molecular weight is 332 g/mol. The third-order valence-corrected chi connectivity index (χ3v) is 3.58. The van der Waals surface area contributed by atoms with Crippen molar-refractivity contribution in [2.45, 2.75) is 37.3 Å². The van der Waals surface area contributed by atoms with Gasteiger partial charge in [0.1, 0.15) is 11.6 Å². The van der Waals surface area contributed by atoms with Crippen molar-refractivity contribution in [1.82, 2.24) is 5.32 Å². The number of ether oxygens (including phenoxy) is 1. The van der Waals surface area contributed by atoms with Gasteiger partial charge >= 0.3 is 12.1 Å². The highest BCUT2D eigenvalue weighted by Crippen LogP contribution is 2.21. The summed E-state index contributed by atoms with van der Waals surface area (Å²) in [7, 11) is 0. The number of alkyl carbamates (subject to hydrolysis) is 1. The predicted octanol–water partition coefficient (Wildman–Crippen LogP) is 3.41. The molecular formula is C14H18ClNO4S. The Morgan fingerprint density at radius 1 is 1.33 bits per heavy atom. The summed E-state index contributed by atoms with van der Waals surface area (Å²) in [6.45, 7) is 5.14. The van der Waals surface area contributed by atoms with E-state index in [0.29, 0.717) is 5.02 Å². The first-order valence-electron chi connectivity index (χ1n) is 6.28. The molecule has 1 aromatic rings. The van der Waals surface area contributed by atoms with E-state index in [0.717, 1.165) is 4.90 Å². The average Bonchev–Trinajstić information content (AvgIpc) is 2.33. The highest BCUT2D eigenvalue weighted by Gasteiger charge is 2.24. The number of amides is 1. The maximum absolute atomic E-state index is 11.6. The van der Waals surface area contributed by atoms with Crippen LogP contribution in [0.3, 0.4) is 0 Å². The molecule has 7 heteroatoms. The molecule has 116 valence electrons. The summed E-state index contributed by atoms with van der Waals surface area (Å²) in [4.78, 5) is 23.6. The van der Waals surface area contributed by atoms with Crippen molar-refractivity contribution >= 4 is 35.4 Å². The maximum Gasteiger partial charge on any atom is 0.408 e. The van der Waals surface area contributed by atoms with Crippen molar-refractivity contribution in [2.24, 2.45) is 0 Å². The number of rotatable bonds is 5. The number of thioether (sulfide) groups is 1. The molecule has 1 atom stereocenters. The highest BCUT2D eigenvalue weighted by molar-refractivity contribution is 7.99. The topological polar surface area (TPSA) is 75.6 Å². The third kappa shape index (κ3) is 7.24. The number of benzene rings is 1. The van der Waals surface area contributed by atoms with E-state index in [1.165, 1.54) is 11.8 Å². The Hall–Kier alpha value is -1.40. The zero-order valence-corrected chi connectivity index (χ0v) is 13.6. The van der Waals surface area contributed by atoms with Gasteiger partial charge in [-0.05, 0) is 45.0 Å². The molecule has 0 aliphatic rings. The van der Waals surface area contributed by atoms with Gasteiger partial charge in [-0.1, -0.05) is 11.6 Å². The molecule has 0 aromatic heterocycles. The molecule has 1 amide bonds. The Labute approximate surface area is 133 Å². The van der Waals surface area contributed by atoms with Gasteiger partial charge in [0.15, 0.2) is 0 Å². The summed E-state index contributed by atoms with van der Waals surface area (Å²) in [6.07, 6.45) is -0.744. The number of carbonyl (C=O) groups excluding carboxylic acids is 1. The van der Waals surface area contributed by atoms with E-state index in [1.54, 1.807) is 45.0 Å². The van der Waals surface area contributed by atoms with Crippen molar-refractivity contribution in [3.05, 3.63) is 29.3 Å². The van der Waals surface area contributed by atoms with Crippen LogP contribution in [0.5, 0.6) is 0 Å². The second-order valence-electron chi connectivity index (χ2n) is 5.30. The van der Waals surface area contributed by atoms with Gasteiger partial charge in [-0.15, -0.1) is 11.8 Å². The Kier molecular flexibility index (Phi) is 6.36. The minimum absolute atomic E-state index is 0.191. The van der Waals surface area contributed by atoms with Gasteiger partial charge in [0.05, 0.1) is 0 Å². The van der Waals surface area contributed by atoms with E-state index in [4.69, 9.17) is 21.4 Å². The van der Waals surface area contributed by atoms with Crippen LogP contribution in [0.25, 0.3) is 0 Å². The second-order valence-corrected chi connectivity index (χ2v) is 6.83. The number of hydrogen-bond acceptors (Lipinski definition) is 4. The molecule has 0 radical (unpaired) electrons. The van der Waals surface area contributed by atoms with Crippen LogP contribution in [0.1, 0.15) is 20.8 Å². The van der Waals surface area contributed by atoms with Gasteiger partial charge in [0, 0.05) is 15.7 Å². The Morgan fingerprint density at radius 2 is 1.90 bits per heavy atom. The van der Waals surface area contributed by atoms with Gasteiger partial charge in [0.2, 0.25) is 0 Å². The van der Waals surface area contributed by atoms with Gasteiger partial charge < -0.3 is 15.2 Å². The summed E-state index contributed by atoms with van der Waals surface area (Å²) in [6, 6.07) is 6.00. The van der Waals surface area contributed by atoms with E-state index in [1.807, 2.05) is 0 Å². The van der Waals surface area contributed by atoms with Crippen LogP contribution >= 0.6 is 23.4 Å². The van der Waals surface area contributed by atoms with Crippen molar-refractivity contribution in [1.29, 1.82) is 0 Å². The first kappa shape index (κ1) is 17.7. The summed E-state index contributed by atoms with van der Waals surface area (Å²) >= 11 is 7.09. The lowest BCUT2D eigenvalue weighted by Crippen LogP contribution is -2.44. The van der Waals surface area contributed by atoms with Gasteiger partial charge in [-0.3, -0.25) is 0 Å². The number of carbonyl (C=O) groups is 2. The fourth-order valence-corrected chi connectivity index (χ4v) is 2.37. The number of halogens is 1. The molecule has 0 heterocycles. The van der Waals surface area contributed by atoms with E-state index in [9.17, 15) is 9.59 Å². The van der Waals surface area contributed by atoms with Crippen LogP contribution < -0.4 is 5.32 Å². The molecular weight excluding hydrogens is 314 g/mol. The van der Waals surface area contributed by atoms with Crippen LogP contribution in [-0.4, -0.2) is 34.6 Å². The molecule has 5 nitrogen and oxygen atoms in total. The van der Waals surface area contributed by atoms with Gasteiger partial charge in [-0.2, -0.15) is 0 Å². The third-order valence-electron chi connectivity index (χ3n) is 2.22. The zero-order valence-electron chi connectivity index (χ0n) is 12.1. The molecule has 0 saturated carbocycles. The van der Waals surface area contributed by atoms with Gasteiger partial charge in [-0.25, -0.2) is 9.59 Å².